The first-order valence-electron chi connectivity index (χ1n) is 15.4. The second-order valence-corrected chi connectivity index (χ2v) is 14.0. The fourth-order valence-electron chi connectivity index (χ4n) is 5.58. The molecule has 1 aromatic heterocycles. The number of esters is 2. The SMILES string of the molecule is CCOC(=O)C1C(C(=O)OCc2ccccc2)=CC[C@@H](c2cc3ccccc3n2C(=O)OC(C)(C)C)N1S(=O)(=O)c1ccc([N+](=O)[O-])cc1. The Kier molecular flexibility index (Phi) is 10.0. The van der Waals surface area contributed by atoms with Crippen LogP contribution in [0.15, 0.2) is 101 Å². The quantitative estimate of drug-likeness (QED) is 0.0872. The lowest BCUT2D eigenvalue weighted by molar-refractivity contribution is -0.384. The van der Waals surface area contributed by atoms with Gasteiger partial charge < -0.3 is 14.2 Å². The summed E-state index contributed by atoms with van der Waals surface area (Å²) >= 11 is 0. The highest BCUT2D eigenvalue weighted by Gasteiger charge is 2.50. The maximum atomic E-state index is 14.7. The predicted octanol–water partition coefficient (Wildman–Crippen LogP) is 6.07. The molecule has 0 bridgehead atoms. The van der Waals surface area contributed by atoms with Crippen LogP contribution in [-0.4, -0.2) is 58.5 Å². The van der Waals surface area contributed by atoms with Gasteiger partial charge in [0.2, 0.25) is 10.0 Å². The first-order valence-corrected chi connectivity index (χ1v) is 16.9. The van der Waals surface area contributed by atoms with Gasteiger partial charge in [-0.25, -0.2) is 27.4 Å². The van der Waals surface area contributed by atoms with E-state index in [2.05, 4.69) is 0 Å². The highest BCUT2D eigenvalue weighted by atomic mass is 32.2. The predicted molar refractivity (Wildman–Crippen MR) is 178 cm³/mol. The van der Waals surface area contributed by atoms with Crippen molar-refractivity contribution in [1.29, 1.82) is 0 Å². The zero-order valence-electron chi connectivity index (χ0n) is 27.3. The molecule has 49 heavy (non-hydrogen) atoms. The molecule has 0 amide bonds. The van der Waals surface area contributed by atoms with Gasteiger partial charge in [0.1, 0.15) is 12.2 Å². The van der Waals surface area contributed by atoms with Crippen LogP contribution in [0, 0.1) is 10.1 Å². The van der Waals surface area contributed by atoms with Gasteiger partial charge in [0.15, 0.2) is 6.04 Å². The average Bonchev–Trinajstić information content (AvgIpc) is 3.46. The second-order valence-electron chi connectivity index (χ2n) is 12.2. The Bertz CT molecular complexity index is 2030. The van der Waals surface area contributed by atoms with E-state index in [0.29, 0.717) is 16.5 Å². The molecule has 4 aromatic rings. The van der Waals surface area contributed by atoms with Gasteiger partial charge in [-0.05, 0) is 63.9 Å². The lowest BCUT2D eigenvalue weighted by atomic mass is 9.95. The Labute approximate surface area is 282 Å². The van der Waals surface area contributed by atoms with Crippen molar-refractivity contribution in [2.24, 2.45) is 0 Å². The molecule has 3 aromatic carbocycles. The number of carbonyl (C=O) groups excluding carboxylic acids is 3. The highest BCUT2D eigenvalue weighted by Crippen LogP contribution is 2.42. The summed E-state index contributed by atoms with van der Waals surface area (Å²) in [5, 5.41) is 11.9. The molecule has 14 heteroatoms. The lowest BCUT2D eigenvalue weighted by Gasteiger charge is -2.39. The van der Waals surface area contributed by atoms with E-state index in [1.165, 1.54) is 17.6 Å². The Balaban J connectivity index is 1.72. The lowest BCUT2D eigenvalue weighted by Crippen LogP contribution is -2.52. The summed E-state index contributed by atoms with van der Waals surface area (Å²) in [4.78, 5) is 51.5. The number of sulfonamides is 1. The van der Waals surface area contributed by atoms with E-state index in [-0.39, 0.29) is 36.6 Å². The molecule has 1 aliphatic heterocycles. The molecule has 0 saturated heterocycles. The second kappa shape index (κ2) is 14.0. The molecule has 13 nitrogen and oxygen atoms in total. The molecule has 5 rings (SSSR count). The number of hydrogen-bond acceptors (Lipinski definition) is 10. The summed E-state index contributed by atoms with van der Waals surface area (Å²) in [6, 6.07) is 18.3. The first-order chi connectivity index (χ1) is 23.2. The largest absolute Gasteiger partial charge is 0.465 e. The molecule has 0 spiro atoms. The molecule has 2 heterocycles. The summed E-state index contributed by atoms with van der Waals surface area (Å²) < 4.78 is 48.1. The van der Waals surface area contributed by atoms with Crippen molar-refractivity contribution in [3.05, 3.63) is 118 Å². The van der Waals surface area contributed by atoms with E-state index < -0.39 is 55.6 Å². The fraction of sp³-hybridized carbons (Fsp3) is 0.286. The van der Waals surface area contributed by atoms with E-state index >= 15 is 0 Å². The third-order valence-electron chi connectivity index (χ3n) is 7.66. The minimum atomic E-state index is -4.77. The summed E-state index contributed by atoms with van der Waals surface area (Å²) in [6.45, 7) is 6.30. The van der Waals surface area contributed by atoms with Crippen LogP contribution >= 0.6 is 0 Å². The topological polar surface area (TPSA) is 164 Å². The average molecular weight is 690 g/mol. The van der Waals surface area contributed by atoms with Gasteiger partial charge in [-0.2, -0.15) is 4.31 Å². The minimum Gasteiger partial charge on any atom is -0.465 e. The van der Waals surface area contributed by atoms with E-state index in [9.17, 15) is 32.9 Å². The smallest absolute Gasteiger partial charge is 0.419 e. The fourth-order valence-corrected chi connectivity index (χ4v) is 7.31. The van der Waals surface area contributed by atoms with Crippen molar-refractivity contribution in [1.82, 2.24) is 8.87 Å². The standard InChI is InChI=1S/C35H35N3O10S/c1-5-46-33(40)31-27(32(39)47-22-23-11-7-6-8-12-23)19-20-29(37(31)49(44,45)26-17-15-25(16-18-26)38(42)43)30-21-24-13-9-10-14-28(24)36(30)34(41)48-35(2,3)4/h6-19,21,29,31H,5,20,22H2,1-4H3/t29-,31?/m0/s1. The van der Waals surface area contributed by atoms with E-state index in [1.54, 1.807) is 81.4 Å². The monoisotopic (exact) mass is 689 g/mol. The van der Waals surface area contributed by atoms with E-state index in [4.69, 9.17) is 14.2 Å². The molecule has 0 radical (unpaired) electrons. The number of rotatable bonds is 9. The van der Waals surface area contributed by atoms with Crippen molar-refractivity contribution in [3.8, 4) is 0 Å². The van der Waals surface area contributed by atoms with Gasteiger partial charge in [0, 0.05) is 23.2 Å². The van der Waals surface area contributed by atoms with Crippen LogP contribution < -0.4 is 0 Å². The molecular formula is C35H35N3O10S. The Morgan fingerprint density at radius 1 is 0.939 bits per heavy atom. The van der Waals surface area contributed by atoms with Crippen LogP contribution in [0.4, 0.5) is 10.5 Å². The van der Waals surface area contributed by atoms with Crippen molar-refractivity contribution >= 4 is 44.6 Å². The number of nitrogens with zero attached hydrogens (tertiary/aromatic N) is 3. The van der Waals surface area contributed by atoms with E-state index in [0.717, 1.165) is 28.6 Å². The van der Waals surface area contributed by atoms with Gasteiger partial charge in [0.25, 0.3) is 5.69 Å². The molecule has 0 N–H and O–H groups in total. The zero-order valence-corrected chi connectivity index (χ0v) is 28.1. The summed E-state index contributed by atoms with van der Waals surface area (Å²) in [5.41, 5.74) is -0.315. The number of hydrogen-bond donors (Lipinski definition) is 0. The maximum Gasteiger partial charge on any atom is 0.419 e. The molecule has 1 aliphatic rings. The normalized spacial score (nSPS) is 16.9. The molecule has 0 saturated carbocycles. The van der Waals surface area contributed by atoms with Crippen LogP contribution in [0.1, 0.15) is 51.4 Å². The molecule has 0 aliphatic carbocycles. The molecule has 2 atom stereocenters. The minimum absolute atomic E-state index is 0.143. The van der Waals surface area contributed by atoms with Crippen LogP contribution in [-0.2, 0) is 40.4 Å². The van der Waals surface area contributed by atoms with Crippen molar-refractivity contribution in [2.45, 2.75) is 63.3 Å². The van der Waals surface area contributed by atoms with Gasteiger partial charge in [0.05, 0.1) is 33.6 Å². The first kappa shape index (κ1) is 35.0. The molecule has 0 fully saturated rings. The number of fused-ring (bicyclic) bond motifs is 1. The number of nitro groups is 1. The summed E-state index contributed by atoms with van der Waals surface area (Å²) in [5.74, 6) is -2.00. The number of non-ortho nitro benzene ring substituents is 1. The third kappa shape index (κ3) is 7.39. The van der Waals surface area contributed by atoms with Crippen LogP contribution in [0.5, 0.6) is 0 Å². The third-order valence-corrected chi connectivity index (χ3v) is 9.54. The molecule has 1 unspecified atom stereocenters. The van der Waals surface area contributed by atoms with Gasteiger partial charge >= 0.3 is 18.0 Å². The van der Waals surface area contributed by atoms with Crippen molar-refractivity contribution in [2.75, 3.05) is 6.61 Å². The van der Waals surface area contributed by atoms with Crippen molar-refractivity contribution < 1.29 is 41.9 Å². The maximum absolute atomic E-state index is 14.7. The Hall–Kier alpha value is -5.34. The number of ether oxygens (including phenoxy) is 3. The summed E-state index contributed by atoms with van der Waals surface area (Å²) in [6.07, 6.45) is 0.455. The Morgan fingerprint density at radius 2 is 1.59 bits per heavy atom. The van der Waals surface area contributed by atoms with Gasteiger partial charge in [-0.15, -0.1) is 0 Å². The van der Waals surface area contributed by atoms with Crippen LogP contribution in [0.2, 0.25) is 0 Å². The zero-order chi connectivity index (χ0) is 35.5. The number of carbonyl (C=O) groups is 3. The van der Waals surface area contributed by atoms with E-state index in [1.807, 2.05) is 0 Å². The van der Waals surface area contributed by atoms with Crippen LogP contribution in [0.3, 0.4) is 0 Å². The molecule has 256 valence electrons. The van der Waals surface area contributed by atoms with Crippen molar-refractivity contribution in [3.63, 3.8) is 0 Å². The Morgan fingerprint density at radius 3 is 2.22 bits per heavy atom. The van der Waals surface area contributed by atoms with Gasteiger partial charge in [-0.1, -0.05) is 54.6 Å². The number of nitro benzene ring substituents is 1. The van der Waals surface area contributed by atoms with Gasteiger partial charge in [-0.3, -0.25) is 10.1 Å². The number of para-hydroxylation sites is 1. The number of benzene rings is 3. The number of aromatic nitrogens is 1. The molecular weight excluding hydrogens is 654 g/mol. The van der Waals surface area contributed by atoms with Crippen LogP contribution in [0.25, 0.3) is 10.9 Å². The summed E-state index contributed by atoms with van der Waals surface area (Å²) in [7, 11) is -4.77. The highest BCUT2D eigenvalue weighted by molar-refractivity contribution is 7.89.